The number of aliphatic hydroxyl groups excluding tert-OH is 4. The molecule has 19 nitrogen and oxygen atoms in total. The molecule has 0 aliphatic carbocycles. The molecule has 0 amide bonds. The minimum absolute atomic E-state index is 0.101. The van der Waals surface area contributed by atoms with Gasteiger partial charge in [-0.2, -0.15) is 4.98 Å². The number of hydrogen-bond acceptors (Lipinski definition) is 15. The van der Waals surface area contributed by atoms with E-state index < -0.39 is 75.0 Å². The van der Waals surface area contributed by atoms with E-state index in [1.807, 2.05) is 0 Å². The molecule has 4 aromatic rings. The van der Waals surface area contributed by atoms with Crippen molar-refractivity contribution in [2.75, 3.05) is 24.7 Å². The zero-order chi connectivity index (χ0) is 29.2. The largest absolute Gasteiger partial charge is 0.394 e. The van der Waals surface area contributed by atoms with Crippen molar-refractivity contribution in [1.29, 1.82) is 0 Å². The number of aromatic nitrogens is 7. The fraction of sp³-hybridized carbons (Fsp3) is 0.476. The summed E-state index contributed by atoms with van der Waals surface area (Å²) < 4.78 is 32.9. The van der Waals surface area contributed by atoms with Crippen molar-refractivity contribution in [3.8, 4) is 0 Å². The molecule has 2 aliphatic heterocycles. The van der Waals surface area contributed by atoms with Crippen LogP contribution in [0.3, 0.4) is 0 Å². The number of fused-ring (bicyclic) bond motifs is 2. The van der Waals surface area contributed by atoms with E-state index in [2.05, 4.69) is 24.9 Å². The second-order valence-corrected chi connectivity index (χ2v) is 11.6. The van der Waals surface area contributed by atoms with Crippen LogP contribution in [0.4, 0.5) is 11.8 Å². The van der Waals surface area contributed by atoms with E-state index in [1.54, 1.807) is 6.07 Å². The summed E-state index contributed by atoms with van der Waals surface area (Å²) in [5.41, 5.74) is 9.67. The molecule has 2 saturated heterocycles. The number of H-pyrrole nitrogens is 1. The lowest BCUT2D eigenvalue weighted by Crippen LogP contribution is -2.36. The molecular formula is C21H26N9O10P. The Bertz CT molecular complexity index is 1710. The van der Waals surface area contributed by atoms with Gasteiger partial charge in [0, 0.05) is 6.20 Å². The van der Waals surface area contributed by atoms with E-state index >= 15 is 0 Å². The number of nitrogens with one attached hydrogen (secondary N) is 1. The Balaban J connectivity index is 1.25. The van der Waals surface area contributed by atoms with Crippen molar-refractivity contribution < 1.29 is 43.9 Å². The van der Waals surface area contributed by atoms with E-state index in [9.17, 15) is 34.7 Å². The quantitative estimate of drug-likeness (QED) is 0.0999. The van der Waals surface area contributed by atoms with Gasteiger partial charge >= 0.3 is 7.60 Å². The van der Waals surface area contributed by atoms with Gasteiger partial charge in [0.2, 0.25) is 5.95 Å². The van der Waals surface area contributed by atoms with Gasteiger partial charge < -0.3 is 55.4 Å². The predicted molar refractivity (Wildman–Crippen MR) is 137 cm³/mol. The Morgan fingerprint density at radius 1 is 1.00 bits per heavy atom. The first kappa shape index (κ1) is 27.6. The molecule has 0 saturated carbocycles. The van der Waals surface area contributed by atoms with Gasteiger partial charge in [-0.1, -0.05) is 0 Å². The number of nitrogens with zero attached hydrogens (tertiary/aromatic N) is 6. The van der Waals surface area contributed by atoms with Crippen LogP contribution >= 0.6 is 7.60 Å². The molecule has 0 aromatic carbocycles. The van der Waals surface area contributed by atoms with Crippen LogP contribution in [0.25, 0.3) is 22.2 Å². The number of aromatic amines is 1. The summed E-state index contributed by atoms with van der Waals surface area (Å²) in [6, 6.07) is 1.59. The summed E-state index contributed by atoms with van der Waals surface area (Å²) in [5.74, 6) is -0.108. The number of imidazole rings is 2. The van der Waals surface area contributed by atoms with E-state index in [1.165, 1.54) is 17.1 Å². The number of ether oxygens (including phenoxy) is 2. The van der Waals surface area contributed by atoms with Crippen molar-refractivity contribution in [3.63, 3.8) is 0 Å². The molecule has 9 atom stereocenters. The molecule has 220 valence electrons. The monoisotopic (exact) mass is 595 g/mol. The lowest BCUT2D eigenvalue weighted by atomic mass is 10.1. The van der Waals surface area contributed by atoms with Gasteiger partial charge in [-0.05, 0) is 6.07 Å². The summed E-state index contributed by atoms with van der Waals surface area (Å²) >= 11 is 0. The second-order valence-electron chi connectivity index (χ2n) is 9.63. The zero-order valence-corrected chi connectivity index (χ0v) is 21.8. The minimum Gasteiger partial charge on any atom is -0.394 e. The van der Waals surface area contributed by atoms with Crippen LogP contribution in [0, 0.1) is 0 Å². The van der Waals surface area contributed by atoms with Gasteiger partial charge in [-0.3, -0.25) is 18.9 Å². The van der Waals surface area contributed by atoms with Crippen molar-refractivity contribution in [2.24, 2.45) is 0 Å². The standard InChI is InChI=1S/C21H26N9O10P/c22-16-10-7(1-2-24-16)29(5-25-10)19-14(34)12(32)9(40-19)4-38-41(36,37)15-13(33)8(3-31)39-20(15)30-6-26-11-17(30)27-21(23)28-18(11)35/h1-2,5-6,8-9,12-15,19-20,31-34H,3-4H2,(H2,22,24)(H,36,37)(H3,23,27,28,35)/t8-,9-,12-,13-,14-,15-,19-,20-/m1/s1. The van der Waals surface area contributed by atoms with Gasteiger partial charge in [-0.25, -0.2) is 15.0 Å². The van der Waals surface area contributed by atoms with Crippen molar-refractivity contribution in [2.45, 2.75) is 48.6 Å². The summed E-state index contributed by atoms with van der Waals surface area (Å²) in [6.45, 7) is -1.40. The highest BCUT2D eigenvalue weighted by Crippen LogP contribution is 2.57. The summed E-state index contributed by atoms with van der Waals surface area (Å²) in [7, 11) is -4.87. The van der Waals surface area contributed by atoms with Crippen LogP contribution in [-0.4, -0.2) is 109 Å². The van der Waals surface area contributed by atoms with Crippen molar-refractivity contribution >= 4 is 41.6 Å². The Hall–Kier alpha value is -3.52. The van der Waals surface area contributed by atoms with Gasteiger partial charge in [0.15, 0.2) is 29.4 Å². The Morgan fingerprint density at radius 2 is 1.71 bits per heavy atom. The maximum absolute atomic E-state index is 13.6. The molecule has 6 rings (SSSR count). The van der Waals surface area contributed by atoms with E-state index in [0.717, 1.165) is 10.9 Å². The highest BCUT2D eigenvalue weighted by Gasteiger charge is 2.55. The zero-order valence-electron chi connectivity index (χ0n) is 20.9. The Morgan fingerprint density at radius 3 is 2.46 bits per heavy atom. The van der Waals surface area contributed by atoms with Crippen LogP contribution < -0.4 is 17.0 Å². The van der Waals surface area contributed by atoms with Crippen molar-refractivity contribution in [1.82, 2.24) is 34.1 Å². The second kappa shape index (κ2) is 10.1. The normalized spacial score (nSPS) is 31.7. The maximum Gasteiger partial charge on any atom is 0.338 e. The number of nitrogen functional groups attached to an aromatic ring is 2. The first-order valence-electron chi connectivity index (χ1n) is 12.2. The number of pyridine rings is 1. The van der Waals surface area contributed by atoms with E-state index in [0.29, 0.717) is 11.0 Å². The topological polar surface area (TPSA) is 292 Å². The average molecular weight is 595 g/mol. The molecule has 1 unspecified atom stereocenters. The third-order valence-corrected chi connectivity index (χ3v) is 9.01. The number of anilines is 2. The Labute approximate surface area is 228 Å². The van der Waals surface area contributed by atoms with Crippen LogP contribution in [0.1, 0.15) is 12.5 Å². The van der Waals surface area contributed by atoms with Crippen LogP contribution in [-0.2, 0) is 18.6 Å². The minimum atomic E-state index is -4.87. The molecule has 41 heavy (non-hydrogen) atoms. The highest BCUT2D eigenvalue weighted by molar-refractivity contribution is 7.53. The molecule has 4 aromatic heterocycles. The number of hydrogen-bond donors (Lipinski definition) is 8. The molecule has 0 radical (unpaired) electrons. The fourth-order valence-electron chi connectivity index (χ4n) is 5.14. The van der Waals surface area contributed by atoms with Crippen molar-refractivity contribution in [3.05, 3.63) is 35.3 Å². The Kier molecular flexibility index (Phi) is 6.80. The SMILES string of the molecule is Nc1nc2c(ncn2[C@@H]2O[C@H](CO)[C@@H](O)[C@H]2P(=O)(O)OC[C@H]2O[C@@H](n3cnc4c(N)nccc43)[C@H](O)[C@@H]2O)c(=O)[nH]1. The van der Waals surface area contributed by atoms with Gasteiger partial charge in [0.1, 0.15) is 41.7 Å². The maximum atomic E-state index is 13.6. The molecular weight excluding hydrogens is 569 g/mol. The summed E-state index contributed by atoms with van der Waals surface area (Å²) in [4.78, 5) is 41.6. The predicted octanol–water partition coefficient (Wildman–Crippen LogP) is -2.83. The van der Waals surface area contributed by atoms with Crippen LogP contribution in [0.2, 0.25) is 0 Å². The lowest BCUT2D eigenvalue weighted by molar-refractivity contribution is -0.0494. The first-order chi connectivity index (χ1) is 19.5. The number of rotatable bonds is 7. The lowest BCUT2D eigenvalue weighted by Gasteiger charge is -2.27. The molecule has 6 heterocycles. The van der Waals surface area contributed by atoms with E-state index in [4.69, 9.17) is 25.5 Å². The van der Waals surface area contributed by atoms with Gasteiger partial charge in [-0.15, -0.1) is 0 Å². The third kappa shape index (κ3) is 4.47. The third-order valence-electron chi connectivity index (χ3n) is 7.17. The first-order valence-corrected chi connectivity index (χ1v) is 13.9. The number of aliphatic hydroxyl groups is 4. The molecule has 10 N–H and O–H groups in total. The molecule has 20 heteroatoms. The van der Waals surface area contributed by atoms with E-state index in [-0.39, 0.29) is 22.9 Å². The molecule has 0 bridgehead atoms. The summed E-state index contributed by atoms with van der Waals surface area (Å²) in [6.07, 6.45) is -6.05. The average Bonchev–Trinajstić information content (AvgIpc) is 3.68. The summed E-state index contributed by atoms with van der Waals surface area (Å²) in [5, 5.41) is 41.9. The fourth-order valence-corrected chi connectivity index (χ4v) is 6.79. The molecule has 2 aliphatic rings. The smallest absolute Gasteiger partial charge is 0.338 e. The van der Waals surface area contributed by atoms with Gasteiger partial charge in [0.25, 0.3) is 5.56 Å². The van der Waals surface area contributed by atoms with Crippen LogP contribution in [0.5, 0.6) is 0 Å². The van der Waals surface area contributed by atoms with Gasteiger partial charge in [0.05, 0.1) is 31.4 Å². The number of nitrogens with two attached hydrogens (primary N) is 2. The molecule has 2 fully saturated rings. The highest BCUT2D eigenvalue weighted by atomic mass is 31.2. The van der Waals surface area contributed by atoms with Crippen LogP contribution in [0.15, 0.2) is 29.7 Å². The molecule has 0 spiro atoms.